The van der Waals surface area contributed by atoms with E-state index in [4.69, 9.17) is 5.73 Å². The monoisotopic (exact) mass is 180 g/mol. The Morgan fingerprint density at radius 3 is 2.85 bits per heavy atom. The molecular formula is C10H16N2O. The lowest BCUT2D eigenvalue weighted by atomic mass is 9.96. The van der Waals surface area contributed by atoms with Crippen molar-refractivity contribution in [3.8, 4) is 0 Å². The smallest absolute Gasteiger partial charge is 0.104 e. The Morgan fingerprint density at radius 1 is 1.54 bits per heavy atom. The summed E-state index contributed by atoms with van der Waals surface area (Å²) in [5, 5.41) is 10.00. The standard InChI is InChI=1S/C10H16N2O/c1-10(13,6-4-7-11)9-5-2-3-8-12-9/h2-3,5,8,13H,4,6-7,11H2,1H3. The molecule has 3 nitrogen and oxygen atoms in total. The molecule has 13 heavy (non-hydrogen) atoms. The third kappa shape index (κ3) is 2.79. The van der Waals surface area contributed by atoms with Crippen molar-refractivity contribution in [2.45, 2.75) is 25.4 Å². The van der Waals surface area contributed by atoms with Gasteiger partial charge >= 0.3 is 0 Å². The van der Waals surface area contributed by atoms with Gasteiger partial charge in [0.2, 0.25) is 0 Å². The molecule has 0 bridgehead atoms. The number of nitrogens with zero attached hydrogens (tertiary/aromatic N) is 1. The summed E-state index contributed by atoms with van der Waals surface area (Å²) in [6.07, 6.45) is 3.15. The van der Waals surface area contributed by atoms with Crippen LogP contribution in [0.4, 0.5) is 0 Å². The van der Waals surface area contributed by atoms with Gasteiger partial charge < -0.3 is 10.8 Å². The predicted molar refractivity (Wildman–Crippen MR) is 52.1 cm³/mol. The molecule has 1 aromatic heterocycles. The molecule has 0 aliphatic rings. The highest BCUT2D eigenvalue weighted by molar-refractivity contribution is 5.11. The van der Waals surface area contributed by atoms with Crippen molar-refractivity contribution in [3.63, 3.8) is 0 Å². The van der Waals surface area contributed by atoms with Gasteiger partial charge in [-0.25, -0.2) is 0 Å². The summed E-state index contributed by atoms with van der Waals surface area (Å²) in [4.78, 5) is 4.11. The molecule has 1 unspecified atom stereocenters. The lowest BCUT2D eigenvalue weighted by Crippen LogP contribution is -2.23. The average molecular weight is 180 g/mol. The third-order valence-corrected chi connectivity index (χ3v) is 2.08. The summed E-state index contributed by atoms with van der Waals surface area (Å²) in [5.74, 6) is 0. The van der Waals surface area contributed by atoms with Crippen LogP contribution in [0.1, 0.15) is 25.5 Å². The molecule has 1 aromatic rings. The van der Waals surface area contributed by atoms with E-state index < -0.39 is 5.60 Å². The molecule has 0 amide bonds. The summed E-state index contributed by atoms with van der Waals surface area (Å²) in [5.41, 5.74) is 5.25. The maximum Gasteiger partial charge on any atom is 0.104 e. The van der Waals surface area contributed by atoms with Crippen LogP contribution in [0.3, 0.4) is 0 Å². The molecule has 0 radical (unpaired) electrons. The molecule has 3 N–H and O–H groups in total. The first-order valence-electron chi connectivity index (χ1n) is 4.51. The number of hydrogen-bond acceptors (Lipinski definition) is 3. The summed E-state index contributed by atoms with van der Waals surface area (Å²) in [6, 6.07) is 5.54. The van der Waals surface area contributed by atoms with Crippen molar-refractivity contribution in [1.82, 2.24) is 4.98 Å². The van der Waals surface area contributed by atoms with Crippen molar-refractivity contribution >= 4 is 0 Å². The molecule has 0 spiro atoms. The average Bonchev–Trinajstić information content (AvgIpc) is 2.16. The molecule has 1 atom stereocenters. The van der Waals surface area contributed by atoms with Crippen LogP contribution >= 0.6 is 0 Å². The minimum absolute atomic E-state index is 0.600. The second-order valence-corrected chi connectivity index (χ2v) is 3.38. The topological polar surface area (TPSA) is 59.1 Å². The molecular weight excluding hydrogens is 164 g/mol. The van der Waals surface area contributed by atoms with Gasteiger partial charge in [0.15, 0.2) is 0 Å². The fraction of sp³-hybridized carbons (Fsp3) is 0.500. The van der Waals surface area contributed by atoms with Crippen LogP contribution in [0, 0.1) is 0 Å². The SMILES string of the molecule is CC(O)(CCCN)c1ccccn1. The number of hydrogen-bond donors (Lipinski definition) is 2. The summed E-state index contributed by atoms with van der Waals surface area (Å²) in [6.45, 7) is 2.37. The van der Waals surface area contributed by atoms with Gasteiger partial charge in [0.05, 0.1) is 5.69 Å². The van der Waals surface area contributed by atoms with Gasteiger partial charge in [0, 0.05) is 6.20 Å². The molecule has 1 rings (SSSR count). The van der Waals surface area contributed by atoms with Crippen LogP contribution in [-0.4, -0.2) is 16.6 Å². The normalized spacial score (nSPS) is 15.3. The Kier molecular flexibility index (Phi) is 3.39. The first-order chi connectivity index (χ1) is 6.17. The number of pyridine rings is 1. The Labute approximate surface area is 78.6 Å². The Bertz CT molecular complexity index is 246. The first-order valence-corrected chi connectivity index (χ1v) is 4.51. The molecule has 0 aromatic carbocycles. The van der Waals surface area contributed by atoms with Crippen LogP contribution in [0.15, 0.2) is 24.4 Å². The zero-order valence-corrected chi connectivity index (χ0v) is 7.90. The fourth-order valence-electron chi connectivity index (χ4n) is 1.26. The second kappa shape index (κ2) is 4.35. The minimum Gasteiger partial charge on any atom is -0.384 e. The molecule has 0 aliphatic carbocycles. The summed E-state index contributed by atoms with van der Waals surface area (Å²) in [7, 11) is 0. The fourth-order valence-corrected chi connectivity index (χ4v) is 1.26. The highest BCUT2D eigenvalue weighted by Crippen LogP contribution is 2.22. The largest absolute Gasteiger partial charge is 0.384 e. The number of aliphatic hydroxyl groups is 1. The van der Waals surface area contributed by atoms with Gasteiger partial charge in [0.1, 0.15) is 5.60 Å². The molecule has 72 valence electrons. The lowest BCUT2D eigenvalue weighted by molar-refractivity contribution is 0.0418. The van der Waals surface area contributed by atoms with E-state index in [1.54, 1.807) is 13.1 Å². The molecule has 1 heterocycles. The van der Waals surface area contributed by atoms with E-state index in [-0.39, 0.29) is 0 Å². The molecule has 0 saturated carbocycles. The maximum atomic E-state index is 10.00. The Hall–Kier alpha value is -0.930. The summed E-state index contributed by atoms with van der Waals surface area (Å²) < 4.78 is 0. The number of nitrogens with two attached hydrogens (primary N) is 1. The number of aromatic nitrogens is 1. The van der Waals surface area contributed by atoms with Crippen molar-refractivity contribution in [2.24, 2.45) is 5.73 Å². The van der Waals surface area contributed by atoms with Crippen LogP contribution < -0.4 is 5.73 Å². The Balaban J connectivity index is 2.69. The van der Waals surface area contributed by atoms with Gasteiger partial charge in [-0.15, -0.1) is 0 Å². The van der Waals surface area contributed by atoms with Gasteiger partial charge in [0.25, 0.3) is 0 Å². The van der Waals surface area contributed by atoms with Crippen LogP contribution in [0.25, 0.3) is 0 Å². The number of rotatable bonds is 4. The van der Waals surface area contributed by atoms with Crippen molar-refractivity contribution in [1.29, 1.82) is 0 Å². The van der Waals surface area contributed by atoms with Gasteiger partial charge in [-0.05, 0) is 38.4 Å². The zero-order chi connectivity index (χ0) is 9.73. The molecule has 3 heteroatoms. The van der Waals surface area contributed by atoms with E-state index >= 15 is 0 Å². The van der Waals surface area contributed by atoms with E-state index in [1.165, 1.54) is 0 Å². The Morgan fingerprint density at radius 2 is 2.31 bits per heavy atom. The van der Waals surface area contributed by atoms with Gasteiger partial charge in [-0.2, -0.15) is 0 Å². The van der Waals surface area contributed by atoms with E-state index in [0.717, 1.165) is 6.42 Å². The highest BCUT2D eigenvalue weighted by atomic mass is 16.3. The minimum atomic E-state index is -0.847. The zero-order valence-electron chi connectivity index (χ0n) is 7.90. The molecule has 0 aliphatic heterocycles. The van der Waals surface area contributed by atoms with Crippen molar-refractivity contribution in [2.75, 3.05) is 6.54 Å². The summed E-state index contributed by atoms with van der Waals surface area (Å²) >= 11 is 0. The van der Waals surface area contributed by atoms with E-state index in [1.807, 2.05) is 18.2 Å². The van der Waals surface area contributed by atoms with Crippen molar-refractivity contribution < 1.29 is 5.11 Å². The predicted octanol–water partition coefficient (Wildman–Crippen LogP) is 1.03. The lowest BCUT2D eigenvalue weighted by Gasteiger charge is -2.21. The van der Waals surface area contributed by atoms with Crippen LogP contribution in [0.5, 0.6) is 0 Å². The van der Waals surface area contributed by atoms with E-state index in [9.17, 15) is 5.11 Å². The maximum absolute atomic E-state index is 10.00. The van der Waals surface area contributed by atoms with Gasteiger partial charge in [-0.1, -0.05) is 6.07 Å². The molecule has 0 fully saturated rings. The van der Waals surface area contributed by atoms with Crippen LogP contribution in [0.2, 0.25) is 0 Å². The van der Waals surface area contributed by atoms with Crippen LogP contribution in [-0.2, 0) is 5.60 Å². The second-order valence-electron chi connectivity index (χ2n) is 3.38. The van der Waals surface area contributed by atoms with Crippen molar-refractivity contribution in [3.05, 3.63) is 30.1 Å². The quantitative estimate of drug-likeness (QED) is 0.727. The third-order valence-electron chi connectivity index (χ3n) is 2.08. The highest BCUT2D eigenvalue weighted by Gasteiger charge is 2.22. The molecule has 0 saturated heterocycles. The first kappa shape index (κ1) is 10.2. The van der Waals surface area contributed by atoms with E-state index in [0.29, 0.717) is 18.7 Å². The van der Waals surface area contributed by atoms with E-state index in [2.05, 4.69) is 4.98 Å². The van der Waals surface area contributed by atoms with Gasteiger partial charge in [-0.3, -0.25) is 4.98 Å².